The molecule has 0 bridgehead atoms. The number of methoxy groups -OCH3 is 1. The van der Waals surface area contributed by atoms with E-state index in [9.17, 15) is 0 Å². The van der Waals surface area contributed by atoms with E-state index in [1.54, 1.807) is 13.2 Å². The molecule has 0 aromatic heterocycles. The van der Waals surface area contributed by atoms with Gasteiger partial charge in [-0.2, -0.15) is 0 Å². The van der Waals surface area contributed by atoms with Crippen molar-refractivity contribution < 1.29 is 4.74 Å². The van der Waals surface area contributed by atoms with Crippen LogP contribution in [0.1, 0.15) is 22.7 Å². The molecule has 20 heavy (non-hydrogen) atoms. The standard InChI is InChI=1S/C16H17Cl2NO/c1-10-6-7-12(15(8-10)20-2)14(19)9-11-4-3-5-13(17)16(11)18/h3-8,14H,9,19H2,1-2H3. The topological polar surface area (TPSA) is 35.2 Å². The van der Waals surface area contributed by atoms with Crippen LogP contribution in [0.2, 0.25) is 10.0 Å². The van der Waals surface area contributed by atoms with E-state index in [2.05, 4.69) is 0 Å². The van der Waals surface area contributed by atoms with E-state index in [4.69, 9.17) is 33.7 Å². The number of hydrogen-bond donors (Lipinski definition) is 1. The number of nitrogens with two attached hydrogens (primary N) is 1. The van der Waals surface area contributed by atoms with Crippen LogP contribution in [0, 0.1) is 6.92 Å². The Balaban J connectivity index is 2.28. The van der Waals surface area contributed by atoms with Gasteiger partial charge >= 0.3 is 0 Å². The van der Waals surface area contributed by atoms with Gasteiger partial charge in [-0.25, -0.2) is 0 Å². The second-order valence-electron chi connectivity index (χ2n) is 4.77. The minimum atomic E-state index is -0.193. The maximum atomic E-state index is 6.29. The normalized spacial score (nSPS) is 12.2. The van der Waals surface area contributed by atoms with E-state index < -0.39 is 0 Å². The fourth-order valence-electron chi connectivity index (χ4n) is 2.18. The summed E-state index contributed by atoms with van der Waals surface area (Å²) in [5, 5.41) is 1.11. The molecule has 0 radical (unpaired) electrons. The van der Waals surface area contributed by atoms with Gasteiger partial charge in [-0.15, -0.1) is 0 Å². The Hall–Kier alpha value is -1.22. The van der Waals surface area contributed by atoms with Crippen molar-refractivity contribution in [2.75, 3.05) is 7.11 Å². The van der Waals surface area contributed by atoms with Gasteiger partial charge in [-0.3, -0.25) is 0 Å². The number of hydrogen-bond acceptors (Lipinski definition) is 2. The SMILES string of the molecule is COc1cc(C)ccc1C(N)Cc1cccc(Cl)c1Cl. The summed E-state index contributed by atoms with van der Waals surface area (Å²) in [6.07, 6.45) is 0.610. The first-order chi connectivity index (χ1) is 9.52. The summed E-state index contributed by atoms with van der Waals surface area (Å²) in [5.74, 6) is 0.802. The molecule has 0 saturated heterocycles. The maximum absolute atomic E-state index is 6.29. The number of ether oxygens (including phenoxy) is 1. The molecule has 0 aliphatic carbocycles. The predicted molar refractivity (Wildman–Crippen MR) is 84.8 cm³/mol. The summed E-state index contributed by atoms with van der Waals surface area (Å²) in [6, 6.07) is 11.4. The molecular formula is C16H17Cl2NO. The van der Waals surface area contributed by atoms with Crippen LogP contribution >= 0.6 is 23.2 Å². The summed E-state index contributed by atoms with van der Waals surface area (Å²) in [5.41, 5.74) is 9.33. The van der Waals surface area contributed by atoms with Gasteiger partial charge in [-0.05, 0) is 36.6 Å². The molecule has 2 rings (SSSR count). The van der Waals surface area contributed by atoms with Gasteiger partial charge in [-0.1, -0.05) is 47.5 Å². The van der Waals surface area contributed by atoms with Gasteiger partial charge in [0.25, 0.3) is 0 Å². The first kappa shape index (κ1) is 15.2. The van der Waals surface area contributed by atoms with Crippen molar-refractivity contribution in [3.05, 3.63) is 63.1 Å². The molecular weight excluding hydrogens is 293 g/mol. The number of aryl methyl sites for hydroxylation is 1. The van der Waals surface area contributed by atoms with Crippen molar-refractivity contribution in [3.8, 4) is 5.75 Å². The molecule has 4 heteroatoms. The lowest BCUT2D eigenvalue weighted by molar-refractivity contribution is 0.405. The average Bonchev–Trinajstić information content (AvgIpc) is 2.43. The molecule has 2 N–H and O–H groups in total. The van der Waals surface area contributed by atoms with Crippen LogP contribution in [0.25, 0.3) is 0 Å². The van der Waals surface area contributed by atoms with Gasteiger partial charge in [0, 0.05) is 11.6 Å². The molecule has 2 nitrogen and oxygen atoms in total. The smallest absolute Gasteiger partial charge is 0.123 e. The molecule has 0 fully saturated rings. The van der Waals surface area contributed by atoms with Crippen molar-refractivity contribution in [2.24, 2.45) is 5.73 Å². The Morgan fingerprint density at radius 2 is 1.95 bits per heavy atom. The highest BCUT2D eigenvalue weighted by Crippen LogP contribution is 2.31. The highest BCUT2D eigenvalue weighted by atomic mass is 35.5. The van der Waals surface area contributed by atoms with Crippen molar-refractivity contribution in [2.45, 2.75) is 19.4 Å². The van der Waals surface area contributed by atoms with Crippen LogP contribution in [0.4, 0.5) is 0 Å². The van der Waals surface area contributed by atoms with Gasteiger partial charge in [0.05, 0.1) is 17.2 Å². The van der Waals surface area contributed by atoms with E-state index in [1.807, 2.05) is 37.3 Å². The summed E-state index contributed by atoms with van der Waals surface area (Å²) in [4.78, 5) is 0. The Morgan fingerprint density at radius 3 is 2.65 bits per heavy atom. The summed E-state index contributed by atoms with van der Waals surface area (Å²) < 4.78 is 5.40. The van der Waals surface area contributed by atoms with Crippen LogP contribution in [-0.4, -0.2) is 7.11 Å². The van der Waals surface area contributed by atoms with E-state index in [0.29, 0.717) is 16.5 Å². The van der Waals surface area contributed by atoms with Crippen molar-refractivity contribution in [3.63, 3.8) is 0 Å². The van der Waals surface area contributed by atoms with E-state index >= 15 is 0 Å². The van der Waals surface area contributed by atoms with Crippen LogP contribution in [-0.2, 0) is 6.42 Å². The molecule has 0 spiro atoms. The van der Waals surface area contributed by atoms with Crippen LogP contribution in [0.15, 0.2) is 36.4 Å². The van der Waals surface area contributed by atoms with Crippen LogP contribution in [0.3, 0.4) is 0 Å². The second kappa shape index (κ2) is 6.49. The third kappa shape index (κ3) is 3.26. The monoisotopic (exact) mass is 309 g/mol. The Morgan fingerprint density at radius 1 is 1.20 bits per heavy atom. The fourth-order valence-corrected chi connectivity index (χ4v) is 2.57. The van der Waals surface area contributed by atoms with Crippen LogP contribution in [0.5, 0.6) is 5.75 Å². The zero-order valence-corrected chi connectivity index (χ0v) is 13.0. The maximum Gasteiger partial charge on any atom is 0.123 e. The summed E-state index contributed by atoms with van der Waals surface area (Å²) in [6.45, 7) is 2.02. The highest BCUT2D eigenvalue weighted by Gasteiger charge is 2.15. The van der Waals surface area contributed by atoms with E-state index in [-0.39, 0.29) is 6.04 Å². The third-order valence-corrected chi connectivity index (χ3v) is 4.12. The van der Waals surface area contributed by atoms with Gasteiger partial charge in [0.15, 0.2) is 0 Å². The van der Waals surface area contributed by atoms with E-state index in [1.165, 1.54) is 0 Å². The molecule has 0 aliphatic rings. The minimum absolute atomic E-state index is 0.193. The Labute approximate surface area is 129 Å². The average molecular weight is 310 g/mol. The van der Waals surface area contributed by atoms with Crippen LogP contribution < -0.4 is 10.5 Å². The molecule has 106 valence electrons. The fraction of sp³-hybridized carbons (Fsp3) is 0.250. The zero-order valence-electron chi connectivity index (χ0n) is 11.5. The van der Waals surface area contributed by atoms with Gasteiger partial charge in [0.2, 0.25) is 0 Å². The van der Waals surface area contributed by atoms with Gasteiger partial charge in [0.1, 0.15) is 5.75 Å². The molecule has 0 heterocycles. The number of benzene rings is 2. The molecule has 0 saturated carbocycles. The van der Waals surface area contributed by atoms with Crippen molar-refractivity contribution in [1.82, 2.24) is 0 Å². The molecule has 0 aliphatic heterocycles. The molecule has 1 unspecified atom stereocenters. The van der Waals surface area contributed by atoms with E-state index in [0.717, 1.165) is 22.4 Å². The first-order valence-corrected chi connectivity index (χ1v) is 7.11. The lowest BCUT2D eigenvalue weighted by Gasteiger charge is -2.17. The largest absolute Gasteiger partial charge is 0.496 e. The number of rotatable bonds is 4. The predicted octanol–water partition coefficient (Wildman–Crippen LogP) is 4.55. The van der Waals surface area contributed by atoms with Crippen molar-refractivity contribution in [1.29, 1.82) is 0 Å². The second-order valence-corrected chi connectivity index (χ2v) is 5.55. The van der Waals surface area contributed by atoms with Crippen molar-refractivity contribution >= 4 is 23.2 Å². The Bertz CT molecular complexity index is 613. The number of halogens is 2. The summed E-state index contributed by atoms with van der Waals surface area (Å²) >= 11 is 12.2. The molecule has 2 aromatic carbocycles. The highest BCUT2D eigenvalue weighted by molar-refractivity contribution is 6.42. The summed E-state index contributed by atoms with van der Waals surface area (Å²) in [7, 11) is 1.65. The minimum Gasteiger partial charge on any atom is -0.496 e. The Kier molecular flexibility index (Phi) is 4.92. The van der Waals surface area contributed by atoms with Gasteiger partial charge < -0.3 is 10.5 Å². The quantitative estimate of drug-likeness (QED) is 0.899. The lowest BCUT2D eigenvalue weighted by Crippen LogP contribution is -2.15. The lowest BCUT2D eigenvalue weighted by atomic mass is 9.98. The zero-order chi connectivity index (χ0) is 14.7. The molecule has 2 aromatic rings. The molecule has 0 amide bonds. The first-order valence-electron chi connectivity index (χ1n) is 6.36. The molecule has 1 atom stereocenters. The third-order valence-electron chi connectivity index (χ3n) is 3.26.